The highest BCUT2D eigenvalue weighted by Gasteiger charge is 2.56. The maximum absolute atomic E-state index is 12.3. The predicted octanol–water partition coefficient (Wildman–Crippen LogP) is 2.13. The fourth-order valence-corrected chi connectivity index (χ4v) is 3.24. The van der Waals surface area contributed by atoms with Crippen molar-refractivity contribution < 1.29 is 14.4 Å². The number of nitrogens with zero attached hydrogens (tertiary/aromatic N) is 1. The summed E-state index contributed by atoms with van der Waals surface area (Å²) in [6.07, 6.45) is -0.769. The molecule has 116 valence electrons. The summed E-state index contributed by atoms with van der Waals surface area (Å²) in [7, 11) is 0. The molecule has 2 amide bonds. The molecule has 3 unspecified atom stereocenters. The van der Waals surface area contributed by atoms with E-state index in [-0.39, 0.29) is 17.9 Å². The van der Waals surface area contributed by atoms with Crippen molar-refractivity contribution in [3.63, 3.8) is 0 Å². The largest absolute Gasteiger partial charge is 0.294 e. The molecule has 3 atom stereocenters. The smallest absolute Gasteiger partial charge is 0.259 e. The number of fused-ring (bicyclic) bond motifs is 1. The van der Waals surface area contributed by atoms with Crippen molar-refractivity contribution >= 4 is 17.5 Å². The topological polar surface area (TPSA) is 58.6 Å². The molecule has 23 heavy (non-hydrogen) atoms. The van der Waals surface area contributed by atoms with Gasteiger partial charge in [0.2, 0.25) is 5.91 Å². The molecular weight excluding hydrogens is 292 g/mol. The Bertz CT molecular complexity index is 758. The molecule has 2 heterocycles. The molecule has 2 aromatic carbocycles. The zero-order valence-corrected chi connectivity index (χ0v) is 12.6. The first-order chi connectivity index (χ1) is 11.1. The van der Waals surface area contributed by atoms with Gasteiger partial charge in [-0.25, -0.2) is 5.06 Å². The van der Waals surface area contributed by atoms with Crippen LogP contribution in [0.4, 0.5) is 5.69 Å². The number of hydroxylamine groups is 1. The number of hydrogen-bond acceptors (Lipinski definition) is 4. The quantitative estimate of drug-likeness (QED) is 0.864. The minimum atomic E-state index is -0.769. The van der Waals surface area contributed by atoms with Gasteiger partial charge >= 0.3 is 0 Å². The predicted molar refractivity (Wildman–Crippen MR) is 84.4 cm³/mol. The maximum Gasteiger partial charge on any atom is 0.259 e. The van der Waals surface area contributed by atoms with Crippen LogP contribution in [0.5, 0.6) is 0 Å². The summed E-state index contributed by atoms with van der Waals surface area (Å²) in [5.74, 6) is -1.18. The van der Waals surface area contributed by atoms with Crippen LogP contribution in [0.25, 0.3) is 0 Å². The number of anilines is 1. The second kappa shape index (κ2) is 5.21. The first-order valence-electron chi connectivity index (χ1n) is 7.57. The minimum absolute atomic E-state index is 0.274. The lowest BCUT2D eigenvalue weighted by Crippen LogP contribution is -2.33. The molecule has 2 saturated heterocycles. The van der Waals surface area contributed by atoms with Gasteiger partial charge in [-0.05, 0) is 24.6 Å². The summed E-state index contributed by atoms with van der Waals surface area (Å²) in [5.41, 5.74) is 2.92. The van der Waals surface area contributed by atoms with Crippen molar-refractivity contribution in [2.24, 2.45) is 5.92 Å². The van der Waals surface area contributed by atoms with E-state index >= 15 is 0 Å². The Balaban J connectivity index is 1.80. The van der Waals surface area contributed by atoms with Crippen LogP contribution < -0.4 is 10.4 Å². The fraction of sp³-hybridized carbons (Fsp3) is 0.222. The highest BCUT2D eigenvalue weighted by atomic mass is 16.7. The first-order valence-corrected chi connectivity index (χ1v) is 7.57. The first kappa shape index (κ1) is 14.0. The van der Waals surface area contributed by atoms with Crippen molar-refractivity contribution in [2.45, 2.75) is 19.1 Å². The van der Waals surface area contributed by atoms with E-state index in [2.05, 4.69) is 5.32 Å². The SMILES string of the molecule is Cc1ccc(C2C3C(=O)NC(=O)C3ON2c2ccccc2)cc1. The molecule has 4 rings (SSSR count). The van der Waals surface area contributed by atoms with Crippen LogP contribution in [-0.4, -0.2) is 17.9 Å². The van der Waals surface area contributed by atoms with Gasteiger partial charge in [-0.1, -0.05) is 48.0 Å². The normalized spacial score (nSPS) is 26.3. The van der Waals surface area contributed by atoms with Crippen LogP contribution >= 0.6 is 0 Å². The summed E-state index contributed by atoms with van der Waals surface area (Å²) in [5, 5.41) is 4.06. The Labute approximate surface area is 133 Å². The highest BCUT2D eigenvalue weighted by Crippen LogP contribution is 2.44. The van der Waals surface area contributed by atoms with Gasteiger partial charge in [0.15, 0.2) is 6.10 Å². The molecule has 2 aromatic rings. The van der Waals surface area contributed by atoms with E-state index in [4.69, 9.17) is 4.84 Å². The molecule has 0 radical (unpaired) electrons. The Morgan fingerprint density at radius 2 is 1.65 bits per heavy atom. The fourth-order valence-electron chi connectivity index (χ4n) is 3.24. The zero-order valence-electron chi connectivity index (χ0n) is 12.6. The third-order valence-electron chi connectivity index (χ3n) is 4.38. The average molecular weight is 308 g/mol. The minimum Gasteiger partial charge on any atom is -0.294 e. The molecule has 2 aliphatic rings. The molecule has 0 aromatic heterocycles. The van der Waals surface area contributed by atoms with Crippen molar-refractivity contribution in [1.29, 1.82) is 0 Å². The van der Waals surface area contributed by atoms with Gasteiger partial charge in [0.25, 0.3) is 5.91 Å². The number of aryl methyl sites for hydroxylation is 1. The lowest BCUT2D eigenvalue weighted by molar-refractivity contribution is -0.129. The summed E-state index contributed by atoms with van der Waals surface area (Å²) in [6, 6.07) is 17.2. The van der Waals surface area contributed by atoms with Gasteiger partial charge in [0, 0.05) is 0 Å². The van der Waals surface area contributed by atoms with E-state index in [9.17, 15) is 9.59 Å². The van der Waals surface area contributed by atoms with Crippen LogP contribution in [0.1, 0.15) is 17.2 Å². The third kappa shape index (κ3) is 2.21. The van der Waals surface area contributed by atoms with E-state index in [1.165, 1.54) is 0 Å². The van der Waals surface area contributed by atoms with E-state index in [1.807, 2.05) is 61.5 Å². The average Bonchev–Trinajstić information content (AvgIpc) is 3.08. The third-order valence-corrected chi connectivity index (χ3v) is 4.38. The van der Waals surface area contributed by atoms with Crippen LogP contribution in [0, 0.1) is 12.8 Å². The molecule has 0 bridgehead atoms. The van der Waals surface area contributed by atoms with Gasteiger partial charge in [-0.15, -0.1) is 0 Å². The molecule has 0 aliphatic carbocycles. The van der Waals surface area contributed by atoms with Crippen LogP contribution in [-0.2, 0) is 14.4 Å². The monoisotopic (exact) mass is 308 g/mol. The summed E-state index contributed by atoms with van der Waals surface area (Å²) < 4.78 is 0. The molecule has 2 fully saturated rings. The Morgan fingerprint density at radius 1 is 0.957 bits per heavy atom. The van der Waals surface area contributed by atoms with Gasteiger partial charge in [0.1, 0.15) is 5.92 Å². The van der Waals surface area contributed by atoms with Crippen molar-refractivity contribution in [3.05, 3.63) is 65.7 Å². The molecule has 0 spiro atoms. The molecule has 5 nitrogen and oxygen atoms in total. The summed E-state index contributed by atoms with van der Waals surface area (Å²) in [6.45, 7) is 2.01. The van der Waals surface area contributed by atoms with E-state index in [1.54, 1.807) is 5.06 Å². The second-order valence-corrected chi connectivity index (χ2v) is 5.92. The molecular formula is C18H16N2O3. The number of benzene rings is 2. The molecule has 1 N–H and O–H groups in total. The Morgan fingerprint density at radius 3 is 2.35 bits per heavy atom. The number of imide groups is 1. The number of hydrogen-bond donors (Lipinski definition) is 1. The van der Waals surface area contributed by atoms with Crippen LogP contribution in [0.2, 0.25) is 0 Å². The zero-order chi connectivity index (χ0) is 16.0. The van der Waals surface area contributed by atoms with Gasteiger partial charge in [-0.2, -0.15) is 0 Å². The van der Waals surface area contributed by atoms with E-state index in [0.717, 1.165) is 16.8 Å². The molecule has 0 saturated carbocycles. The number of amides is 2. The Hall–Kier alpha value is -2.66. The van der Waals surface area contributed by atoms with Gasteiger partial charge in [-0.3, -0.25) is 19.7 Å². The summed E-state index contributed by atoms with van der Waals surface area (Å²) >= 11 is 0. The summed E-state index contributed by atoms with van der Waals surface area (Å²) in [4.78, 5) is 30.1. The number of carbonyl (C=O) groups excluding carboxylic acids is 2. The van der Waals surface area contributed by atoms with E-state index < -0.39 is 12.0 Å². The second-order valence-electron chi connectivity index (χ2n) is 5.92. The van der Waals surface area contributed by atoms with Crippen molar-refractivity contribution in [2.75, 3.05) is 5.06 Å². The standard InChI is InChI=1S/C18H16N2O3/c1-11-7-9-12(10-8-11)15-14-16(18(22)19-17(14)21)23-20(15)13-5-3-2-4-6-13/h2-10,14-16H,1H3,(H,19,21,22). The number of carbonyl (C=O) groups is 2. The lowest BCUT2D eigenvalue weighted by Gasteiger charge is -2.27. The maximum atomic E-state index is 12.3. The highest BCUT2D eigenvalue weighted by molar-refractivity contribution is 6.07. The number of para-hydroxylation sites is 1. The van der Waals surface area contributed by atoms with Crippen LogP contribution in [0.15, 0.2) is 54.6 Å². The number of nitrogens with one attached hydrogen (secondary N) is 1. The lowest BCUT2D eigenvalue weighted by atomic mass is 9.90. The van der Waals surface area contributed by atoms with Gasteiger partial charge < -0.3 is 0 Å². The van der Waals surface area contributed by atoms with Crippen molar-refractivity contribution in [1.82, 2.24) is 5.32 Å². The van der Waals surface area contributed by atoms with Crippen molar-refractivity contribution in [3.8, 4) is 0 Å². The number of rotatable bonds is 2. The van der Waals surface area contributed by atoms with Gasteiger partial charge in [0.05, 0.1) is 11.7 Å². The van der Waals surface area contributed by atoms with E-state index in [0.29, 0.717) is 0 Å². The Kier molecular flexibility index (Phi) is 3.16. The molecule has 5 heteroatoms. The van der Waals surface area contributed by atoms with Crippen LogP contribution in [0.3, 0.4) is 0 Å². The molecule has 2 aliphatic heterocycles.